The highest BCUT2D eigenvalue weighted by Crippen LogP contribution is 2.35. The lowest BCUT2D eigenvalue weighted by atomic mass is 10.2. The number of amides is 2. The van der Waals surface area contributed by atoms with Crippen LogP contribution in [0.2, 0.25) is 0 Å². The highest BCUT2D eigenvalue weighted by molar-refractivity contribution is 6.53. The Labute approximate surface area is 153 Å². The Morgan fingerprint density at radius 1 is 1.04 bits per heavy atom. The number of methoxy groups -OCH3 is 2. The minimum absolute atomic E-state index is 0.171. The van der Waals surface area contributed by atoms with E-state index in [9.17, 15) is 14.0 Å². The molecule has 0 radical (unpaired) electrons. The fourth-order valence-electron chi connectivity index (χ4n) is 2.51. The van der Waals surface area contributed by atoms with E-state index in [1.165, 1.54) is 32.4 Å². The number of anilines is 2. The van der Waals surface area contributed by atoms with Gasteiger partial charge in [-0.2, -0.15) is 0 Å². The Hall–Kier alpha value is -3.06. The number of rotatable bonds is 5. The summed E-state index contributed by atoms with van der Waals surface area (Å²) in [6.45, 7) is 0. The second-order valence-electron chi connectivity index (χ2n) is 5.28. The van der Waals surface area contributed by atoms with Crippen LogP contribution in [0.5, 0.6) is 11.5 Å². The normalized spacial score (nSPS) is 14.1. The summed E-state index contributed by atoms with van der Waals surface area (Å²) < 4.78 is 24.4. The SMILES string of the molecule is COc1ccc(OC)c(NC2=C(Cl)C(=O)N(c3ccccc3F)C2=O)c1. The van der Waals surface area contributed by atoms with Gasteiger partial charge in [-0.15, -0.1) is 0 Å². The lowest BCUT2D eigenvalue weighted by Gasteiger charge is -2.16. The van der Waals surface area contributed by atoms with E-state index in [1.54, 1.807) is 18.2 Å². The van der Waals surface area contributed by atoms with Gasteiger partial charge in [0.2, 0.25) is 0 Å². The smallest absolute Gasteiger partial charge is 0.283 e. The average molecular weight is 377 g/mol. The molecule has 0 aliphatic carbocycles. The summed E-state index contributed by atoms with van der Waals surface area (Å²) in [4.78, 5) is 25.8. The van der Waals surface area contributed by atoms with Gasteiger partial charge in [0, 0.05) is 6.07 Å². The number of nitrogens with one attached hydrogen (secondary N) is 1. The van der Waals surface area contributed by atoms with Gasteiger partial charge in [-0.1, -0.05) is 23.7 Å². The fraction of sp³-hybridized carbons (Fsp3) is 0.111. The fourth-order valence-corrected chi connectivity index (χ4v) is 2.72. The van der Waals surface area contributed by atoms with Crippen LogP contribution in [0.15, 0.2) is 53.2 Å². The minimum Gasteiger partial charge on any atom is -0.497 e. The van der Waals surface area contributed by atoms with Crippen LogP contribution in [0.3, 0.4) is 0 Å². The van der Waals surface area contributed by atoms with Crippen LogP contribution in [0.1, 0.15) is 0 Å². The van der Waals surface area contributed by atoms with E-state index in [2.05, 4.69) is 5.32 Å². The first-order valence-corrected chi connectivity index (χ1v) is 7.88. The maximum absolute atomic E-state index is 14.0. The van der Waals surface area contributed by atoms with Gasteiger partial charge < -0.3 is 14.8 Å². The quantitative estimate of drug-likeness (QED) is 0.811. The van der Waals surface area contributed by atoms with E-state index < -0.39 is 17.6 Å². The van der Waals surface area contributed by atoms with Crippen LogP contribution in [0, 0.1) is 5.82 Å². The molecule has 0 fully saturated rings. The first kappa shape index (κ1) is 17.8. The maximum atomic E-state index is 14.0. The molecule has 0 saturated heterocycles. The van der Waals surface area contributed by atoms with Gasteiger partial charge in [-0.05, 0) is 24.3 Å². The molecule has 134 valence electrons. The van der Waals surface area contributed by atoms with Crippen LogP contribution in [-0.4, -0.2) is 26.0 Å². The predicted molar refractivity (Wildman–Crippen MR) is 94.9 cm³/mol. The summed E-state index contributed by atoms with van der Waals surface area (Å²) in [5.74, 6) is -1.37. The van der Waals surface area contributed by atoms with Crippen molar-refractivity contribution in [3.63, 3.8) is 0 Å². The standard InChI is InChI=1S/C18H14ClFN2O4/c1-25-10-7-8-14(26-2)12(9-10)21-16-15(19)17(23)22(18(16)24)13-6-4-3-5-11(13)20/h3-9,21H,1-2H3. The minimum atomic E-state index is -0.814. The van der Waals surface area contributed by atoms with E-state index in [4.69, 9.17) is 21.1 Å². The molecule has 0 atom stereocenters. The largest absolute Gasteiger partial charge is 0.497 e. The second-order valence-corrected chi connectivity index (χ2v) is 5.66. The van der Waals surface area contributed by atoms with Gasteiger partial charge in [0.05, 0.1) is 25.6 Å². The summed E-state index contributed by atoms with van der Waals surface area (Å²) in [5.41, 5.74) is 0.0260. The molecule has 3 rings (SSSR count). The molecule has 1 heterocycles. The van der Waals surface area contributed by atoms with Crippen LogP contribution >= 0.6 is 11.6 Å². The van der Waals surface area contributed by atoms with Gasteiger partial charge in [0.1, 0.15) is 28.0 Å². The molecule has 1 aliphatic heterocycles. The molecule has 2 aromatic carbocycles. The highest BCUT2D eigenvalue weighted by Gasteiger charge is 2.40. The zero-order valence-electron chi connectivity index (χ0n) is 13.9. The van der Waals surface area contributed by atoms with Crippen molar-refractivity contribution < 1.29 is 23.5 Å². The molecule has 1 N–H and O–H groups in total. The Balaban J connectivity index is 1.98. The molecule has 0 bridgehead atoms. The van der Waals surface area contributed by atoms with Gasteiger partial charge in [0.25, 0.3) is 11.8 Å². The third kappa shape index (κ3) is 2.97. The number of imide groups is 1. The van der Waals surface area contributed by atoms with Crippen molar-refractivity contribution in [1.82, 2.24) is 0 Å². The number of hydrogen-bond acceptors (Lipinski definition) is 5. The van der Waals surface area contributed by atoms with Crippen LogP contribution in [0.4, 0.5) is 15.8 Å². The van der Waals surface area contributed by atoms with E-state index in [0.29, 0.717) is 22.1 Å². The summed E-state index contributed by atoms with van der Waals surface area (Å²) in [7, 11) is 2.94. The molecule has 2 aromatic rings. The van der Waals surface area contributed by atoms with Crippen molar-refractivity contribution >= 4 is 34.8 Å². The lowest BCUT2D eigenvalue weighted by molar-refractivity contribution is -0.120. The summed E-state index contributed by atoms with van der Waals surface area (Å²) >= 11 is 6.05. The summed E-state index contributed by atoms with van der Waals surface area (Å²) in [6, 6.07) is 10.3. The number of halogens is 2. The summed E-state index contributed by atoms with van der Waals surface area (Å²) in [6.07, 6.45) is 0. The van der Waals surface area contributed by atoms with E-state index >= 15 is 0 Å². The Bertz CT molecular complexity index is 929. The first-order valence-electron chi connectivity index (χ1n) is 7.50. The molecule has 0 saturated carbocycles. The average Bonchev–Trinajstić information content (AvgIpc) is 2.86. The summed E-state index contributed by atoms with van der Waals surface area (Å²) in [5, 5.41) is 2.45. The molecular weight excluding hydrogens is 363 g/mol. The van der Waals surface area contributed by atoms with Crippen molar-refractivity contribution in [2.24, 2.45) is 0 Å². The molecule has 0 unspecified atom stereocenters. The Morgan fingerprint density at radius 2 is 1.77 bits per heavy atom. The zero-order chi connectivity index (χ0) is 18.8. The lowest BCUT2D eigenvalue weighted by Crippen LogP contribution is -2.33. The van der Waals surface area contributed by atoms with Gasteiger partial charge >= 0.3 is 0 Å². The van der Waals surface area contributed by atoms with Crippen LogP contribution in [-0.2, 0) is 9.59 Å². The molecule has 26 heavy (non-hydrogen) atoms. The van der Waals surface area contributed by atoms with Crippen molar-refractivity contribution in [2.75, 3.05) is 24.4 Å². The molecule has 0 aromatic heterocycles. The van der Waals surface area contributed by atoms with Crippen molar-refractivity contribution in [3.05, 3.63) is 59.0 Å². The third-order valence-corrected chi connectivity index (χ3v) is 4.14. The molecule has 2 amide bonds. The van der Waals surface area contributed by atoms with E-state index in [0.717, 1.165) is 6.07 Å². The topological polar surface area (TPSA) is 67.9 Å². The van der Waals surface area contributed by atoms with Crippen molar-refractivity contribution in [3.8, 4) is 11.5 Å². The Kier molecular flexibility index (Phi) is 4.81. The number of ether oxygens (including phenoxy) is 2. The van der Waals surface area contributed by atoms with Gasteiger partial charge in [0.15, 0.2) is 0 Å². The van der Waals surface area contributed by atoms with Gasteiger partial charge in [-0.25, -0.2) is 9.29 Å². The second kappa shape index (κ2) is 7.05. The molecule has 0 spiro atoms. The monoisotopic (exact) mass is 376 g/mol. The van der Waals surface area contributed by atoms with Crippen LogP contribution < -0.4 is 19.7 Å². The number of carbonyl (C=O) groups excluding carboxylic acids is 2. The molecular formula is C18H14ClFN2O4. The number of nitrogens with zero attached hydrogens (tertiary/aromatic N) is 1. The predicted octanol–water partition coefficient (Wildman–Crippen LogP) is 3.28. The zero-order valence-corrected chi connectivity index (χ0v) is 14.6. The number of benzene rings is 2. The Morgan fingerprint density at radius 3 is 2.42 bits per heavy atom. The van der Waals surface area contributed by atoms with Crippen LogP contribution in [0.25, 0.3) is 0 Å². The number of hydrogen-bond donors (Lipinski definition) is 1. The van der Waals surface area contributed by atoms with Crippen molar-refractivity contribution in [2.45, 2.75) is 0 Å². The highest BCUT2D eigenvalue weighted by atomic mass is 35.5. The molecule has 8 heteroatoms. The van der Waals surface area contributed by atoms with Gasteiger partial charge in [-0.3, -0.25) is 9.59 Å². The van der Waals surface area contributed by atoms with E-state index in [-0.39, 0.29) is 16.4 Å². The molecule has 1 aliphatic rings. The first-order chi connectivity index (χ1) is 12.5. The number of carbonyl (C=O) groups is 2. The third-order valence-electron chi connectivity index (χ3n) is 3.79. The van der Waals surface area contributed by atoms with Crippen molar-refractivity contribution in [1.29, 1.82) is 0 Å². The maximum Gasteiger partial charge on any atom is 0.283 e. The number of para-hydroxylation sites is 1. The van der Waals surface area contributed by atoms with E-state index in [1.807, 2.05) is 0 Å². The molecule has 6 nitrogen and oxygen atoms in total.